The summed E-state index contributed by atoms with van der Waals surface area (Å²) < 4.78 is 54.6. The summed E-state index contributed by atoms with van der Waals surface area (Å²) in [5.41, 5.74) is 12.2. The molecule has 1 fully saturated rings. The van der Waals surface area contributed by atoms with Gasteiger partial charge < -0.3 is 26.3 Å². The summed E-state index contributed by atoms with van der Waals surface area (Å²) in [4.78, 5) is 17.1. The van der Waals surface area contributed by atoms with Gasteiger partial charge in [-0.25, -0.2) is 18.2 Å². The van der Waals surface area contributed by atoms with E-state index in [0.717, 1.165) is 17.4 Å². The number of benzene rings is 1. The number of anilines is 2. The van der Waals surface area contributed by atoms with E-state index in [-0.39, 0.29) is 33.6 Å². The quantitative estimate of drug-likeness (QED) is 0.495. The van der Waals surface area contributed by atoms with E-state index in [1.165, 1.54) is 24.1 Å². The van der Waals surface area contributed by atoms with Gasteiger partial charge in [-0.05, 0) is 25.0 Å². The highest BCUT2D eigenvalue weighted by Crippen LogP contribution is 2.39. The fourth-order valence-corrected chi connectivity index (χ4v) is 4.64. The van der Waals surface area contributed by atoms with Crippen molar-refractivity contribution in [3.8, 4) is 16.3 Å². The van der Waals surface area contributed by atoms with Crippen LogP contribution in [0.4, 0.5) is 23.9 Å². The van der Waals surface area contributed by atoms with Gasteiger partial charge in [-0.2, -0.15) is 5.10 Å². The molecule has 1 aliphatic rings. The molecule has 0 bridgehead atoms. The third-order valence-electron chi connectivity index (χ3n) is 5.58. The molecule has 4 rings (SSSR count). The molecule has 1 saturated heterocycles. The highest BCUT2D eigenvalue weighted by Gasteiger charge is 2.30. The average molecular weight is 497 g/mol. The number of hydrogen-bond acceptors (Lipinski definition) is 8. The number of alkyl halides is 1. The van der Waals surface area contributed by atoms with E-state index in [9.17, 15) is 18.0 Å². The summed E-state index contributed by atoms with van der Waals surface area (Å²) in [7, 11) is 2.97. The summed E-state index contributed by atoms with van der Waals surface area (Å²) in [5, 5.41) is 6.84. The lowest BCUT2D eigenvalue weighted by molar-refractivity contribution is 0.0247. The number of nitrogen functional groups attached to an aromatic ring is 1. The fourth-order valence-electron chi connectivity index (χ4n) is 3.77. The second-order valence-electron chi connectivity index (χ2n) is 7.77. The van der Waals surface area contributed by atoms with Gasteiger partial charge in [-0.3, -0.25) is 9.48 Å². The Labute approximate surface area is 196 Å². The van der Waals surface area contributed by atoms with E-state index < -0.39 is 35.9 Å². The van der Waals surface area contributed by atoms with Crippen LogP contribution in [0.1, 0.15) is 35.1 Å². The molecule has 0 saturated carbocycles. The molecule has 0 radical (unpaired) electrons. The van der Waals surface area contributed by atoms with Crippen LogP contribution < -0.4 is 21.5 Å². The normalized spacial score (nSPS) is 20.7. The Balaban J connectivity index is 1.61. The van der Waals surface area contributed by atoms with Gasteiger partial charge in [0.15, 0.2) is 17.3 Å². The molecular formula is C21H23F3N6O3S. The number of rotatable bonds is 5. The Morgan fingerprint density at radius 2 is 2.12 bits per heavy atom. The minimum absolute atomic E-state index is 0.000570. The number of ether oxygens (including phenoxy) is 2. The lowest BCUT2D eigenvalue weighted by Gasteiger charge is -2.17. The molecule has 9 nitrogen and oxygen atoms in total. The predicted octanol–water partition coefficient (Wildman–Crippen LogP) is 3.18. The lowest BCUT2D eigenvalue weighted by atomic mass is 10.0. The van der Waals surface area contributed by atoms with Crippen LogP contribution in [-0.2, 0) is 11.8 Å². The average Bonchev–Trinajstić information content (AvgIpc) is 3.32. The summed E-state index contributed by atoms with van der Waals surface area (Å²) in [6, 6.07) is 1.55. The number of carbonyl (C=O) groups excluding carboxylic acids is 1. The Morgan fingerprint density at radius 3 is 2.85 bits per heavy atom. The molecule has 182 valence electrons. The van der Waals surface area contributed by atoms with Gasteiger partial charge >= 0.3 is 0 Å². The van der Waals surface area contributed by atoms with Gasteiger partial charge in [0.25, 0.3) is 5.91 Å². The fraction of sp³-hybridized carbons (Fsp3) is 0.381. The van der Waals surface area contributed by atoms with Crippen molar-refractivity contribution in [1.29, 1.82) is 0 Å². The highest BCUT2D eigenvalue weighted by atomic mass is 32.1. The molecule has 5 N–H and O–H groups in total. The third-order valence-corrected chi connectivity index (χ3v) is 6.48. The molecule has 0 aliphatic carbocycles. The van der Waals surface area contributed by atoms with Gasteiger partial charge in [0.05, 0.1) is 36.9 Å². The Hall–Kier alpha value is -3.16. The van der Waals surface area contributed by atoms with Crippen LogP contribution in [0.15, 0.2) is 18.3 Å². The molecule has 0 spiro atoms. The molecular weight excluding hydrogens is 473 g/mol. The van der Waals surface area contributed by atoms with E-state index in [4.69, 9.17) is 20.9 Å². The van der Waals surface area contributed by atoms with Crippen molar-refractivity contribution in [3.63, 3.8) is 0 Å². The summed E-state index contributed by atoms with van der Waals surface area (Å²) >= 11 is 0.818. The van der Waals surface area contributed by atoms with Crippen LogP contribution in [0.2, 0.25) is 0 Å². The van der Waals surface area contributed by atoms with E-state index >= 15 is 0 Å². The van der Waals surface area contributed by atoms with E-state index in [1.54, 1.807) is 7.05 Å². The van der Waals surface area contributed by atoms with Crippen molar-refractivity contribution >= 4 is 27.9 Å². The minimum atomic E-state index is -1.29. The van der Waals surface area contributed by atoms with Crippen LogP contribution in [-0.4, -0.2) is 46.6 Å². The molecule has 1 aliphatic heterocycles. The standard InChI is InChI=1S/C21H23F3N6O3S/c1-30-18(14-6-4-11(25)10(23)8-33-14)12(7-27-30)28-20(31)17-19(26)34-21(29-17)15-13(32-2)5-3-9(22)16(15)24/h3,5,7,10-11,14H,4,6,8,25-26H2,1-2H3,(H,28,31)/t10-,11+,14-/m0/s1. The number of carbonyl (C=O) groups is 1. The van der Waals surface area contributed by atoms with Crippen molar-refractivity contribution in [2.75, 3.05) is 24.8 Å². The third kappa shape index (κ3) is 4.45. The molecule has 3 atom stereocenters. The number of nitrogens with zero attached hydrogens (tertiary/aromatic N) is 3. The smallest absolute Gasteiger partial charge is 0.277 e. The van der Waals surface area contributed by atoms with Crippen molar-refractivity contribution in [2.45, 2.75) is 31.2 Å². The summed E-state index contributed by atoms with van der Waals surface area (Å²) in [5.74, 6) is -2.89. The molecule has 3 heterocycles. The SMILES string of the molecule is COc1ccc(F)c(F)c1-c1nc(C(=O)Nc2cnn(C)c2[C@@H]2CC[C@@H](N)[C@@H](F)CO2)c(N)s1. The van der Waals surface area contributed by atoms with Crippen molar-refractivity contribution < 1.29 is 27.4 Å². The Kier molecular flexibility index (Phi) is 6.77. The molecule has 0 unspecified atom stereocenters. The monoisotopic (exact) mass is 496 g/mol. The van der Waals surface area contributed by atoms with Gasteiger partial charge in [-0.15, -0.1) is 0 Å². The number of nitrogens with one attached hydrogen (secondary N) is 1. The number of hydrogen-bond donors (Lipinski definition) is 3. The molecule has 2 aromatic heterocycles. The van der Waals surface area contributed by atoms with Gasteiger partial charge in [0.1, 0.15) is 28.0 Å². The molecule has 3 aromatic rings. The number of halogens is 3. The first-order chi connectivity index (χ1) is 16.2. The second kappa shape index (κ2) is 9.60. The van der Waals surface area contributed by atoms with Crippen molar-refractivity contribution in [1.82, 2.24) is 14.8 Å². The highest BCUT2D eigenvalue weighted by molar-refractivity contribution is 7.19. The molecule has 13 heteroatoms. The zero-order chi connectivity index (χ0) is 24.6. The van der Waals surface area contributed by atoms with Crippen LogP contribution in [0, 0.1) is 11.6 Å². The molecule has 1 amide bonds. The van der Waals surface area contributed by atoms with Crippen molar-refractivity contribution in [3.05, 3.63) is 41.4 Å². The molecule has 1 aromatic carbocycles. The van der Waals surface area contributed by atoms with Gasteiger partial charge in [0, 0.05) is 13.1 Å². The predicted molar refractivity (Wildman–Crippen MR) is 120 cm³/mol. The number of nitrogens with two attached hydrogens (primary N) is 2. The number of thiazole rings is 1. The summed E-state index contributed by atoms with van der Waals surface area (Å²) in [6.07, 6.45) is 0.431. The summed E-state index contributed by atoms with van der Waals surface area (Å²) in [6.45, 7) is -0.173. The zero-order valence-corrected chi connectivity index (χ0v) is 19.2. The number of aryl methyl sites for hydroxylation is 1. The largest absolute Gasteiger partial charge is 0.496 e. The first-order valence-corrected chi connectivity index (χ1v) is 11.2. The van der Waals surface area contributed by atoms with Crippen LogP contribution in [0.3, 0.4) is 0 Å². The first-order valence-electron chi connectivity index (χ1n) is 10.3. The maximum Gasteiger partial charge on any atom is 0.277 e. The van der Waals surface area contributed by atoms with Gasteiger partial charge in [-0.1, -0.05) is 11.3 Å². The number of aromatic nitrogens is 3. The maximum atomic E-state index is 14.5. The molecule has 34 heavy (non-hydrogen) atoms. The Morgan fingerprint density at radius 1 is 1.35 bits per heavy atom. The topological polar surface area (TPSA) is 130 Å². The number of amides is 1. The lowest BCUT2D eigenvalue weighted by Crippen LogP contribution is -2.32. The second-order valence-corrected chi connectivity index (χ2v) is 8.80. The van der Waals surface area contributed by atoms with E-state index in [1.807, 2.05) is 0 Å². The van der Waals surface area contributed by atoms with Crippen LogP contribution in [0.25, 0.3) is 10.6 Å². The first kappa shape index (κ1) is 24.0. The Bertz CT molecular complexity index is 1200. The van der Waals surface area contributed by atoms with Crippen LogP contribution >= 0.6 is 11.3 Å². The minimum Gasteiger partial charge on any atom is -0.496 e. The number of methoxy groups -OCH3 is 1. The van der Waals surface area contributed by atoms with Gasteiger partial charge in [0.2, 0.25) is 0 Å². The van der Waals surface area contributed by atoms with Crippen LogP contribution in [0.5, 0.6) is 5.75 Å². The van der Waals surface area contributed by atoms with E-state index in [2.05, 4.69) is 15.4 Å². The van der Waals surface area contributed by atoms with E-state index in [0.29, 0.717) is 24.2 Å². The van der Waals surface area contributed by atoms with Crippen molar-refractivity contribution in [2.24, 2.45) is 12.8 Å². The zero-order valence-electron chi connectivity index (χ0n) is 18.3. The maximum absolute atomic E-state index is 14.5.